The molecule has 2 atom stereocenters. The maximum atomic E-state index is 11.3. The van der Waals surface area contributed by atoms with Gasteiger partial charge in [0.1, 0.15) is 6.29 Å². The van der Waals surface area contributed by atoms with E-state index < -0.39 is 12.1 Å². The highest BCUT2D eigenvalue weighted by atomic mass is 16.2. The second-order valence-corrected chi connectivity index (χ2v) is 3.32. The summed E-state index contributed by atoms with van der Waals surface area (Å²) >= 11 is 0. The van der Waals surface area contributed by atoms with Crippen molar-refractivity contribution in [2.45, 2.75) is 38.3 Å². The van der Waals surface area contributed by atoms with Crippen molar-refractivity contribution >= 4 is 12.2 Å². The molecule has 5 N–H and O–H groups in total. The number of hydrogen-bond donors (Lipinski definition) is 3. The van der Waals surface area contributed by atoms with Gasteiger partial charge in [-0.15, -0.1) is 0 Å². The fraction of sp³-hybridized carbons (Fsp3) is 0.778. The van der Waals surface area contributed by atoms with Crippen LogP contribution in [0.3, 0.4) is 0 Å². The Hall–Kier alpha value is -0.940. The molecule has 0 fully saturated rings. The van der Waals surface area contributed by atoms with Gasteiger partial charge in [0, 0.05) is 0 Å². The summed E-state index contributed by atoms with van der Waals surface area (Å²) in [5.74, 6) is -0.276. The molecule has 0 aromatic rings. The van der Waals surface area contributed by atoms with Gasteiger partial charge in [0.05, 0.1) is 12.1 Å². The SMILES string of the molecule is C[C@H](C=O)NC(=O)[C@@H](N)CCCCN. The average molecular weight is 201 g/mol. The van der Waals surface area contributed by atoms with Crippen LogP contribution in [0.2, 0.25) is 0 Å². The topological polar surface area (TPSA) is 98.2 Å². The lowest BCUT2D eigenvalue weighted by Crippen LogP contribution is -2.44. The monoisotopic (exact) mass is 201 g/mol. The first-order valence-electron chi connectivity index (χ1n) is 4.83. The zero-order valence-electron chi connectivity index (χ0n) is 8.53. The van der Waals surface area contributed by atoms with Gasteiger partial charge < -0.3 is 21.6 Å². The van der Waals surface area contributed by atoms with Crippen LogP contribution in [0.4, 0.5) is 0 Å². The van der Waals surface area contributed by atoms with E-state index in [9.17, 15) is 9.59 Å². The second kappa shape index (κ2) is 7.46. The molecule has 14 heavy (non-hydrogen) atoms. The van der Waals surface area contributed by atoms with E-state index in [1.54, 1.807) is 6.92 Å². The van der Waals surface area contributed by atoms with E-state index in [0.717, 1.165) is 12.8 Å². The van der Waals surface area contributed by atoms with Gasteiger partial charge in [0.25, 0.3) is 0 Å². The summed E-state index contributed by atoms with van der Waals surface area (Å²) in [4.78, 5) is 21.5. The lowest BCUT2D eigenvalue weighted by molar-refractivity contribution is -0.125. The van der Waals surface area contributed by atoms with Crippen molar-refractivity contribution in [2.24, 2.45) is 11.5 Å². The van der Waals surface area contributed by atoms with Crippen LogP contribution in [-0.4, -0.2) is 30.8 Å². The highest BCUT2D eigenvalue weighted by molar-refractivity contribution is 5.83. The Morgan fingerprint density at radius 2 is 2.14 bits per heavy atom. The van der Waals surface area contributed by atoms with E-state index in [2.05, 4.69) is 5.32 Å². The zero-order valence-corrected chi connectivity index (χ0v) is 8.53. The van der Waals surface area contributed by atoms with Crippen molar-refractivity contribution in [1.29, 1.82) is 0 Å². The van der Waals surface area contributed by atoms with Gasteiger partial charge in [-0.25, -0.2) is 0 Å². The van der Waals surface area contributed by atoms with Crippen molar-refractivity contribution in [3.05, 3.63) is 0 Å². The summed E-state index contributed by atoms with van der Waals surface area (Å²) in [6, 6.07) is -1.01. The Bertz CT molecular complexity index is 185. The van der Waals surface area contributed by atoms with Crippen molar-refractivity contribution < 1.29 is 9.59 Å². The minimum absolute atomic E-state index is 0.276. The molecule has 0 rings (SSSR count). The van der Waals surface area contributed by atoms with Crippen LogP contribution in [0.5, 0.6) is 0 Å². The highest BCUT2D eigenvalue weighted by Crippen LogP contribution is 1.98. The number of amides is 1. The fourth-order valence-electron chi connectivity index (χ4n) is 1.01. The predicted octanol–water partition coefficient (Wildman–Crippen LogP) is -0.854. The number of carbonyl (C=O) groups excluding carboxylic acids is 2. The molecule has 1 amide bonds. The number of aldehydes is 1. The van der Waals surface area contributed by atoms with Gasteiger partial charge in [-0.2, -0.15) is 0 Å². The number of hydrogen-bond acceptors (Lipinski definition) is 4. The average Bonchev–Trinajstić information content (AvgIpc) is 2.17. The minimum atomic E-state index is -0.538. The molecule has 0 saturated heterocycles. The summed E-state index contributed by atoms with van der Waals surface area (Å²) < 4.78 is 0. The first kappa shape index (κ1) is 13.1. The summed E-state index contributed by atoms with van der Waals surface area (Å²) in [6.45, 7) is 2.22. The van der Waals surface area contributed by atoms with E-state index in [1.165, 1.54) is 0 Å². The molecule has 0 aliphatic carbocycles. The number of carbonyl (C=O) groups is 2. The van der Waals surface area contributed by atoms with E-state index in [-0.39, 0.29) is 5.91 Å². The van der Waals surface area contributed by atoms with E-state index in [0.29, 0.717) is 19.3 Å². The number of nitrogens with two attached hydrogens (primary N) is 2. The van der Waals surface area contributed by atoms with Crippen LogP contribution < -0.4 is 16.8 Å². The normalized spacial score (nSPS) is 14.5. The van der Waals surface area contributed by atoms with E-state index in [1.807, 2.05) is 0 Å². The third kappa shape index (κ3) is 5.66. The highest BCUT2D eigenvalue weighted by Gasteiger charge is 2.14. The largest absolute Gasteiger partial charge is 0.346 e. The summed E-state index contributed by atoms with van der Waals surface area (Å²) in [5, 5.41) is 2.49. The molecule has 0 spiro atoms. The van der Waals surface area contributed by atoms with Crippen LogP contribution in [0, 0.1) is 0 Å². The van der Waals surface area contributed by atoms with Gasteiger partial charge in [0.2, 0.25) is 5.91 Å². The van der Waals surface area contributed by atoms with Gasteiger partial charge >= 0.3 is 0 Å². The van der Waals surface area contributed by atoms with E-state index >= 15 is 0 Å². The van der Waals surface area contributed by atoms with Crippen molar-refractivity contribution in [3.63, 3.8) is 0 Å². The predicted molar refractivity (Wildman–Crippen MR) is 54.5 cm³/mol. The van der Waals surface area contributed by atoms with E-state index in [4.69, 9.17) is 11.5 Å². The van der Waals surface area contributed by atoms with Gasteiger partial charge in [0.15, 0.2) is 0 Å². The maximum absolute atomic E-state index is 11.3. The lowest BCUT2D eigenvalue weighted by atomic mass is 10.1. The summed E-state index contributed by atoms with van der Waals surface area (Å²) in [5.41, 5.74) is 10.9. The smallest absolute Gasteiger partial charge is 0.237 e. The zero-order chi connectivity index (χ0) is 11.0. The van der Waals surface area contributed by atoms with Crippen LogP contribution in [0.25, 0.3) is 0 Å². The molecule has 0 aromatic carbocycles. The molecule has 0 unspecified atom stereocenters. The quantitative estimate of drug-likeness (QED) is 0.369. The molecular weight excluding hydrogens is 182 g/mol. The molecule has 0 saturated carbocycles. The third-order valence-corrected chi connectivity index (χ3v) is 1.88. The summed E-state index contributed by atoms with van der Waals surface area (Å²) in [7, 11) is 0. The number of unbranched alkanes of at least 4 members (excludes halogenated alkanes) is 1. The van der Waals surface area contributed by atoms with Crippen LogP contribution >= 0.6 is 0 Å². The molecule has 0 aromatic heterocycles. The van der Waals surface area contributed by atoms with Gasteiger partial charge in [-0.3, -0.25) is 4.79 Å². The minimum Gasteiger partial charge on any atom is -0.346 e. The Kier molecular flexibility index (Phi) is 6.96. The Labute approximate surface area is 84.2 Å². The molecule has 5 nitrogen and oxygen atoms in total. The molecule has 0 radical (unpaired) electrons. The fourth-order valence-corrected chi connectivity index (χ4v) is 1.01. The molecule has 0 aliphatic rings. The van der Waals surface area contributed by atoms with Crippen LogP contribution in [0.15, 0.2) is 0 Å². The molecule has 0 heterocycles. The summed E-state index contributed by atoms with van der Waals surface area (Å²) in [6.07, 6.45) is 2.98. The maximum Gasteiger partial charge on any atom is 0.237 e. The standard InChI is InChI=1S/C9H19N3O2/c1-7(6-13)12-9(14)8(11)4-2-3-5-10/h6-8H,2-5,10-11H2,1H3,(H,12,14)/t7-,8+/m1/s1. The van der Waals surface area contributed by atoms with Crippen molar-refractivity contribution in [3.8, 4) is 0 Å². The number of nitrogens with one attached hydrogen (secondary N) is 1. The molecule has 0 bridgehead atoms. The van der Waals surface area contributed by atoms with Crippen LogP contribution in [0.1, 0.15) is 26.2 Å². The number of rotatable bonds is 7. The van der Waals surface area contributed by atoms with Gasteiger partial charge in [-0.1, -0.05) is 6.42 Å². The first-order valence-corrected chi connectivity index (χ1v) is 4.83. The Morgan fingerprint density at radius 1 is 1.50 bits per heavy atom. The lowest BCUT2D eigenvalue weighted by Gasteiger charge is -2.13. The Balaban J connectivity index is 3.70. The van der Waals surface area contributed by atoms with Gasteiger partial charge in [-0.05, 0) is 26.3 Å². The molecule has 5 heteroatoms. The van der Waals surface area contributed by atoms with Crippen molar-refractivity contribution in [1.82, 2.24) is 5.32 Å². The van der Waals surface area contributed by atoms with Crippen LogP contribution in [-0.2, 0) is 9.59 Å². The Morgan fingerprint density at radius 3 is 2.64 bits per heavy atom. The third-order valence-electron chi connectivity index (χ3n) is 1.88. The second-order valence-electron chi connectivity index (χ2n) is 3.32. The molecule has 82 valence electrons. The molecule has 0 aliphatic heterocycles. The molecular formula is C9H19N3O2. The first-order chi connectivity index (χ1) is 6.61. The van der Waals surface area contributed by atoms with Crippen molar-refractivity contribution in [2.75, 3.05) is 6.54 Å².